The maximum Gasteiger partial charge on any atom is 0.143 e. The molecule has 0 radical (unpaired) electrons. The minimum atomic E-state index is -0.663. The Hall–Kier alpha value is -2.42. The molecule has 2 nitrogen and oxygen atoms in total. The van der Waals surface area contributed by atoms with Crippen molar-refractivity contribution in [3.63, 3.8) is 0 Å². The van der Waals surface area contributed by atoms with Gasteiger partial charge in [0.05, 0.1) is 13.2 Å². The number of ether oxygens (including phenoxy) is 2. The molecule has 0 aliphatic rings. The van der Waals surface area contributed by atoms with Crippen molar-refractivity contribution in [1.82, 2.24) is 0 Å². The first-order valence-electron chi connectivity index (χ1n) is 14.3. The summed E-state index contributed by atoms with van der Waals surface area (Å²) in [5.41, 5.74) is 2.73. The largest absolute Gasteiger partial charge is 0.379 e. The Morgan fingerprint density at radius 2 is 0.833 bits per heavy atom. The van der Waals surface area contributed by atoms with E-state index in [4.69, 9.17) is 9.47 Å². The summed E-state index contributed by atoms with van der Waals surface area (Å²) in [6, 6.07) is 31.6. The van der Waals surface area contributed by atoms with Crippen LogP contribution in [0.15, 0.2) is 91.0 Å². The standard InChI is InChI=1S/C34H46O2/c1-2-3-4-5-6-7-8-9-10-11-21-28-35-29-30-36-34(31-22-15-12-16-23-31,32-24-17-13-18-25-32)33-26-19-14-20-27-33/h12-20,22-27H,2-11,21,28-30H2,1H3. The highest BCUT2D eigenvalue weighted by Gasteiger charge is 2.37. The molecule has 0 aromatic heterocycles. The number of benzene rings is 3. The van der Waals surface area contributed by atoms with Gasteiger partial charge in [-0.1, -0.05) is 162 Å². The fourth-order valence-electron chi connectivity index (χ4n) is 4.99. The lowest BCUT2D eigenvalue weighted by molar-refractivity contribution is -0.0242. The maximum atomic E-state index is 6.77. The van der Waals surface area contributed by atoms with E-state index in [9.17, 15) is 0 Å². The molecule has 0 unspecified atom stereocenters. The van der Waals surface area contributed by atoms with E-state index in [2.05, 4.69) is 97.9 Å². The molecule has 194 valence electrons. The summed E-state index contributed by atoms with van der Waals surface area (Å²) < 4.78 is 12.8. The first-order chi connectivity index (χ1) is 17.9. The molecule has 0 fully saturated rings. The van der Waals surface area contributed by atoms with Crippen LogP contribution in [0.2, 0.25) is 0 Å². The lowest BCUT2D eigenvalue weighted by Gasteiger charge is -2.36. The highest BCUT2D eigenvalue weighted by molar-refractivity contribution is 5.47. The predicted molar refractivity (Wildman–Crippen MR) is 152 cm³/mol. The SMILES string of the molecule is CCCCCCCCCCCCCOCCOC(c1ccccc1)(c1ccccc1)c1ccccc1. The van der Waals surface area contributed by atoms with Gasteiger partial charge in [0.2, 0.25) is 0 Å². The third-order valence-corrected chi connectivity index (χ3v) is 6.98. The van der Waals surface area contributed by atoms with E-state index in [1.54, 1.807) is 0 Å². The second-order valence-corrected chi connectivity index (χ2v) is 9.78. The molecule has 0 spiro atoms. The van der Waals surface area contributed by atoms with Gasteiger partial charge < -0.3 is 9.47 Å². The van der Waals surface area contributed by atoms with Gasteiger partial charge in [0.15, 0.2) is 0 Å². The molecular formula is C34H46O2. The minimum absolute atomic E-state index is 0.538. The molecule has 3 rings (SSSR count). The van der Waals surface area contributed by atoms with Gasteiger partial charge in [0, 0.05) is 6.61 Å². The molecule has 0 N–H and O–H groups in total. The highest BCUT2D eigenvalue weighted by Crippen LogP contribution is 2.40. The van der Waals surface area contributed by atoms with Crippen LogP contribution in [-0.4, -0.2) is 19.8 Å². The smallest absolute Gasteiger partial charge is 0.143 e. The van der Waals surface area contributed by atoms with E-state index in [-0.39, 0.29) is 0 Å². The van der Waals surface area contributed by atoms with Crippen LogP contribution < -0.4 is 0 Å². The van der Waals surface area contributed by atoms with Crippen molar-refractivity contribution < 1.29 is 9.47 Å². The van der Waals surface area contributed by atoms with Crippen LogP contribution in [0, 0.1) is 0 Å². The van der Waals surface area contributed by atoms with Gasteiger partial charge in [-0.05, 0) is 23.1 Å². The van der Waals surface area contributed by atoms with Gasteiger partial charge in [0.1, 0.15) is 5.60 Å². The van der Waals surface area contributed by atoms with Crippen LogP contribution in [0.25, 0.3) is 0 Å². The average Bonchev–Trinajstić information content (AvgIpc) is 2.94. The molecule has 0 aliphatic carbocycles. The summed E-state index contributed by atoms with van der Waals surface area (Å²) in [4.78, 5) is 0. The van der Waals surface area contributed by atoms with Crippen LogP contribution in [0.1, 0.15) is 94.2 Å². The van der Waals surface area contributed by atoms with Gasteiger partial charge >= 0.3 is 0 Å². The zero-order valence-electron chi connectivity index (χ0n) is 22.4. The monoisotopic (exact) mass is 486 g/mol. The molecule has 0 saturated heterocycles. The Bertz CT molecular complexity index is 811. The first kappa shape index (κ1) is 28.2. The van der Waals surface area contributed by atoms with Crippen LogP contribution in [0.3, 0.4) is 0 Å². The number of hydrogen-bond acceptors (Lipinski definition) is 2. The topological polar surface area (TPSA) is 18.5 Å². The van der Waals surface area contributed by atoms with Crippen molar-refractivity contribution in [1.29, 1.82) is 0 Å². The van der Waals surface area contributed by atoms with Crippen molar-refractivity contribution >= 4 is 0 Å². The lowest BCUT2D eigenvalue weighted by atomic mass is 9.80. The summed E-state index contributed by atoms with van der Waals surface area (Å²) >= 11 is 0. The van der Waals surface area contributed by atoms with E-state index in [0.29, 0.717) is 13.2 Å². The van der Waals surface area contributed by atoms with Crippen molar-refractivity contribution in [2.75, 3.05) is 19.8 Å². The minimum Gasteiger partial charge on any atom is -0.379 e. The fraction of sp³-hybridized carbons (Fsp3) is 0.471. The lowest BCUT2D eigenvalue weighted by Crippen LogP contribution is -2.34. The van der Waals surface area contributed by atoms with Gasteiger partial charge in [0.25, 0.3) is 0 Å². The third-order valence-electron chi connectivity index (χ3n) is 6.98. The molecule has 36 heavy (non-hydrogen) atoms. The molecule has 2 heteroatoms. The molecule has 0 heterocycles. The summed E-state index contributed by atoms with van der Waals surface area (Å²) in [5, 5.41) is 0. The molecule has 0 amide bonds. The highest BCUT2D eigenvalue weighted by atomic mass is 16.5. The Balaban J connectivity index is 1.45. The van der Waals surface area contributed by atoms with Crippen LogP contribution in [-0.2, 0) is 15.1 Å². The van der Waals surface area contributed by atoms with Gasteiger partial charge in [-0.3, -0.25) is 0 Å². The summed E-state index contributed by atoms with van der Waals surface area (Å²) in [6.07, 6.45) is 14.9. The van der Waals surface area contributed by atoms with Crippen LogP contribution in [0.5, 0.6) is 0 Å². The maximum absolute atomic E-state index is 6.77. The molecule has 0 atom stereocenters. The normalized spacial score (nSPS) is 11.6. The van der Waals surface area contributed by atoms with E-state index in [1.165, 1.54) is 64.2 Å². The third kappa shape index (κ3) is 8.91. The second-order valence-electron chi connectivity index (χ2n) is 9.78. The van der Waals surface area contributed by atoms with E-state index < -0.39 is 5.60 Å². The molecule has 0 bridgehead atoms. The average molecular weight is 487 g/mol. The van der Waals surface area contributed by atoms with Crippen molar-refractivity contribution in [3.05, 3.63) is 108 Å². The zero-order chi connectivity index (χ0) is 25.2. The summed E-state index contributed by atoms with van der Waals surface area (Å²) in [7, 11) is 0. The Labute approximate surface area is 220 Å². The van der Waals surface area contributed by atoms with Gasteiger partial charge in [-0.2, -0.15) is 0 Å². The molecule has 0 saturated carbocycles. The van der Waals surface area contributed by atoms with Crippen molar-refractivity contribution in [3.8, 4) is 0 Å². The molecular weight excluding hydrogens is 440 g/mol. The number of unbranched alkanes of at least 4 members (excludes halogenated alkanes) is 10. The van der Waals surface area contributed by atoms with Crippen molar-refractivity contribution in [2.45, 2.75) is 83.2 Å². The summed E-state index contributed by atoms with van der Waals surface area (Å²) in [6.45, 7) is 4.24. The zero-order valence-corrected chi connectivity index (χ0v) is 22.4. The quantitative estimate of drug-likeness (QED) is 0.124. The van der Waals surface area contributed by atoms with Gasteiger partial charge in [-0.15, -0.1) is 0 Å². The predicted octanol–water partition coefficient (Wildman–Crippen LogP) is 9.32. The van der Waals surface area contributed by atoms with E-state index in [0.717, 1.165) is 29.7 Å². The molecule has 0 aliphatic heterocycles. The number of hydrogen-bond donors (Lipinski definition) is 0. The van der Waals surface area contributed by atoms with Crippen LogP contribution in [0.4, 0.5) is 0 Å². The van der Waals surface area contributed by atoms with E-state index >= 15 is 0 Å². The Morgan fingerprint density at radius 1 is 0.444 bits per heavy atom. The van der Waals surface area contributed by atoms with E-state index in [1.807, 2.05) is 0 Å². The Kier molecular flexibility index (Phi) is 13.4. The fourth-order valence-corrected chi connectivity index (χ4v) is 4.99. The second kappa shape index (κ2) is 17.1. The summed E-state index contributed by atoms with van der Waals surface area (Å²) in [5.74, 6) is 0. The van der Waals surface area contributed by atoms with Crippen LogP contribution >= 0.6 is 0 Å². The molecule has 3 aromatic carbocycles. The first-order valence-corrected chi connectivity index (χ1v) is 14.3. The Morgan fingerprint density at radius 3 is 1.25 bits per heavy atom. The van der Waals surface area contributed by atoms with Crippen molar-refractivity contribution in [2.24, 2.45) is 0 Å². The number of rotatable bonds is 19. The molecule has 3 aromatic rings. The van der Waals surface area contributed by atoms with Gasteiger partial charge in [-0.25, -0.2) is 0 Å².